The Labute approximate surface area is 201 Å². The highest BCUT2D eigenvalue weighted by Crippen LogP contribution is 2.40. The molecule has 0 aliphatic carbocycles. The average Bonchev–Trinajstić information content (AvgIpc) is 3.51. The molecule has 1 aromatic heterocycles. The summed E-state index contributed by atoms with van der Waals surface area (Å²) >= 11 is 1.27. The molecular formula is C23H25FN2O6S2. The number of carbonyl (C=O) groups excluding carboxylic acids is 1. The first kappa shape index (κ1) is 24.4. The van der Waals surface area contributed by atoms with Gasteiger partial charge in [-0.2, -0.15) is 0 Å². The van der Waals surface area contributed by atoms with Crippen LogP contribution in [0, 0.1) is 5.82 Å². The van der Waals surface area contributed by atoms with Crippen LogP contribution in [0.15, 0.2) is 41.3 Å². The molecule has 34 heavy (non-hydrogen) atoms. The molecule has 3 aromatic rings. The van der Waals surface area contributed by atoms with E-state index >= 15 is 0 Å². The number of rotatable bonds is 9. The number of thiazole rings is 1. The van der Waals surface area contributed by atoms with Crippen molar-refractivity contribution < 1.29 is 31.8 Å². The van der Waals surface area contributed by atoms with Gasteiger partial charge in [-0.25, -0.2) is 17.8 Å². The molecule has 1 aliphatic heterocycles. The van der Waals surface area contributed by atoms with Gasteiger partial charge >= 0.3 is 0 Å². The van der Waals surface area contributed by atoms with Gasteiger partial charge in [0.15, 0.2) is 15.0 Å². The van der Waals surface area contributed by atoms with E-state index in [2.05, 4.69) is 4.98 Å². The van der Waals surface area contributed by atoms with E-state index in [0.717, 1.165) is 29.7 Å². The number of fused-ring (bicyclic) bond motifs is 1. The molecule has 1 saturated heterocycles. The van der Waals surface area contributed by atoms with Crippen molar-refractivity contribution in [3.05, 3.63) is 42.2 Å². The summed E-state index contributed by atoms with van der Waals surface area (Å²) < 4.78 is 55.9. The third kappa shape index (κ3) is 5.16. The summed E-state index contributed by atoms with van der Waals surface area (Å²) in [6.45, 7) is 0.882. The highest BCUT2D eigenvalue weighted by Gasteiger charge is 2.28. The molecule has 11 heteroatoms. The van der Waals surface area contributed by atoms with Crippen molar-refractivity contribution in [3.8, 4) is 11.5 Å². The number of carbonyl (C=O) groups is 1. The topological polar surface area (TPSA) is 95.0 Å². The Balaban J connectivity index is 1.62. The van der Waals surface area contributed by atoms with E-state index in [9.17, 15) is 17.6 Å². The first-order chi connectivity index (χ1) is 16.3. The number of hydrogen-bond donors (Lipinski definition) is 0. The molecule has 2 heterocycles. The molecule has 1 fully saturated rings. The zero-order chi connectivity index (χ0) is 24.3. The van der Waals surface area contributed by atoms with Gasteiger partial charge in [-0.05, 0) is 49.2 Å². The van der Waals surface area contributed by atoms with Crippen LogP contribution in [0.4, 0.5) is 9.52 Å². The summed E-state index contributed by atoms with van der Waals surface area (Å²) in [5.41, 5.74) is 0.561. The first-order valence-electron chi connectivity index (χ1n) is 10.7. The zero-order valence-electron chi connectivity index (χ0n) is 18.8. The number of hydrogen-bond acceptors (Lipinski definition) is 8. The summed E-state index contributed by atoms with van der Waals surface area (Å²) in [6, 6.07) is 8.08. The molecule has 1 unspecified atom stereocenters. The number of halogens is 1. The zero-order valence-corrected chi connectivity index (χ0v) is 20.5. The molecule has 4 rings (SSSR count). The van der Waals surface area contributed by atoms with Gasteiger partial charge in [0.25, 0.3) is 0 Å². The fraction of sp³-hybridized carbons (Fsp3) is 0.391. The van der Waals surface area contributed by atoms with Crippen molar-refractivity contribution in [2.45, 2.75) is 30.3 Å². The van der Waals surface area contributed by atoms with Gasteiger partial charge in [-0.15, -0.1) is 0 Å². The van der Waals surface area contributed by atoms with Gasteiger partial charge in [-0.3, -0.25) is 9.69 Å². The highest BCUT2D eigenvalue weighted by molar-refractivity contribution is 7.91. The van der Waals surface area contributed by atoms with Crippen molar-refractivity contribution in [2.75, 3.05) is 38.0 Å². The fourth-order valence-corrected chi connectivity index (χ4v) is 6.12. The van der Waals surface area contributed by atoms with Gasteiger partial charge in [0.2, 0.25) is 5.91 Å². The minimum atomic E-state index is -3.76. The van der Waals surface area contributed by atoms with Crippen molar-refractivity contribution in [1.82, 2.24) is 4.98 Å². The molecule has 0 bridgehead atoms. The molecule has 1 atom stereocenters. The number of methoxy groups -OCH3 is 2. The molecule has 8 nitrogen and oxygen atoms in total. The van der Waals surface area contributed by atoms with E-state index in [1.807, 2.05) is 0 Å². The maximum Gasteiger partial charge on any atom is 0.229 e. The number of benzene rings is 2. The van der Waals surface area contributed by atoms with Gasteiger partial charge in [-0.1, -0.05) is 11.3 Å². The monoisotopic (exact) mass is 508 g/mol. The van der Waals surface area contributed by atoms with E-state index < -0.39 is 27.3 Å². The van der Waals surface area contributed by atoms with Gasteiger partial charge in [0.05, 0.1) is 37.5 Å². The molecule has 1 aliphatic rings. The molecule has 0 N–H and O–H groups in total. The van der Waals surface area contributed by atoms with Gasteiger partial charge < -0.3 is 14.2 Å². The maximum absolute atomic E-state index is 13.3. The lowest BCUT2D eigenvalue weighted by Crippen LogP contribution is -2.38. The fourth-order valence-electron chi connectivity index (χ4n) is 3.78. The van der Waals surface area contributed by atoms with Crippen molar-refractivity contribution in [3.63, 3.8) is 0 Å². The minimum absolute atomic E-state index is 0.0261. The van der Waals surface area contributed by atoms with E-state index in [-0.39, 0.29) is 24.0 Å². The van der Waals surface area contributed by atoms with Crippen LogP contribution in [-0.2, 0) is 19.4 Å². The summed E-state index contributed by atoms with van der Waals surface area (Å²) in [7, 11) is -0.674. The molecule has 0 saturated carbocycles. The number of sulfone groups is 1. The Hall–Kier alpha value is -2.76. The summed E-state index contributed by atoms with van der Waals surface area (Å²) in [5.74, 6) is -0.181. The lowest BCUT2D eigenvalue weighted by atomic mass is 10.2. The normalized spacial score (nSPS) is 16.0. The van der Waals surface area contributed by atoms with Crippen molar-refractivity contribution in [1.29, 1.82) is 0 Å². The standard InChI is InChI=1S/C23H25FN2O6S2/c1-30-18-9-10-19(31-2)22-21(18)25-23(33-22)26(14-16-4-3-12-32-16)20(27)11-13-34(28,29)17-7-5-15(24)6-8-17/h5-10,16H,3-4,11-14H2,1-2H3. The predicted molar refractivity (Wildman–Crippen MR) is 127 cm³/mol. The third-order valence-electron chi connectivity index (χ3n) is 5.60. The number of aromatic nitrogens is 1. The van der Waals surface area contributed by atoms with Crippen LogP contribution in [0.25, 0.3) is 10.2 Å². The second-order valence-electron chi connectivity index (χ2n) is 7.81. The van der Waals surface area contributed by atoms with Crippen LogP contribution in [-0.4, -0.2) is 58.5 Å². The molecule has 0 spiro atoms. The van der Waals surface area contributed by atoms with Crippen molar-refractivity contribution >= 4 is 42.4 Å². The smallest absolute Gasteiger partial charge is 0.229 e. The average molecular weight is 509 g/mol. The minimum Gasteiger partial charge on any atom is -0.495 e. The van der Waals surface area contributed by atoms with E-state index in [4.69, 9.17) is 14.2 Å². The Morgan fingerprint density at radius 2 is 1.88 bits per heavy atom. The Morgan fingerprint density at radius 1 is 1.18 bits per heavy atom. The lowest BCUT2D eigenvalue weighted by Gasteiger charge is -2.23. The van der Waals surface area contributed by atoms with E-state index in [1.165, 1.54) is 35.5 Å². The second-order valence-corrected chi connectivity index (χ2v) is 10.9. The quantitative estimate of drug-likeness (QED) is 0.406. The number of ether oxygens (including phenoxy) is 3. The van der Waals surface area contributed by atoms with E-state index in [0.29, 0.717) is 28.8 Å². The third-order valence-corrected chi connectivity index (χ3v) is 8.42. The SMILES string of the molecule is COc1ccc(OC)c2sc(N(CC3CCCO3)C(=O)CCS(=O)(=O)c3ccc(F)cc3)nc12. The van der Waals surface area contributed by atoms with Crippen LogP contribution in [0.5, 0.6) is 11.5 Å². The summed E-state index contributed by atoms with van der Waals surface area (Å²) in [4.78, 5) is 19.4. The number of nitrogens with zero attached hydrogens (tertiary/aromatic N) is 2. The lowest BCUT2D eigenvalue weighted by molar-refractivity contribution is -0.118. The van der Waals surface area contributed by atoms with Crippen LogP contribution >= 0.6 is 11.3 Å². The molecule has 0 radical (unpaired) electrons. The van der Waals surface area contributed by atoms with Gasteiger partial charge in [0.1, 0.15) is 27.5 Å². The van der Waals surface area contributed by atoms with Crippen LogP contribution in [0.3, 0.4) is 0 Å². The predicted octanol–water partition coefficient (Wildman–Crippen LogP) is 3.83. The maximum atomic E-state index is 13.3. The largest absolute Gasteiger partial charge is 0.495 e. The number of anilines is 1. The highest BCUT2D eigenvalue weighted by atomic mass is 32.2. The van der Waals surface area contributed by atoms with Crippen LogP contribution in [0.2, 0.25) is 0 Å². The van der Waals surface area contributed by atoms with Crippen LogP contribution in [0.1, 0.15) is 19.3 Å². The molecule has 182 valence electrons. The Bertz CT molecular complexity index is 1230. The molecule has 1 amide bonds. The van der Waals surface area contributed by atoms with Gasteiger partial charge in [0, 0.05) is 13.0 Å². The Kier molecular flexibility index (Phi) is 7.34. The second kappa shape index (κ2) is 10.2. The molecule has 2 aromatic carbocycles. The number of amides is 1. The van der Waals surface area contributed by atoms with E-state index in [1.54, 1.807) is 19.2 Å². The molecular weight excluding hydrogens is 483 g/mol. The Morgan fingerprint density at radius 3 is 2.53 bits per heavy atom. The first-order valence-corrected chi connectivity index (χ1v) is 13.2. The summed E-state index contributed by atoms with van der Waals surface area (Å²) in [6.07, 6.45) is 1.28. The van der Waals surface area contributed by atoms with Crippen molar-refractivity contribution in [2.24, 2.45) is 0 Å². The summed E-state index contributed by atoms with van der Waals surface area (Å²) in [5, 5.41) is 0.414. The van der Waals surface area contributed by atoms with Crippen LogP contribution < -0.4 is 14.4 Å².